The Kier molecular flexibility index (Phi) is 2.67. The van der Waals surface area contributed by atoms with Gasteiger partial charge in [0.15, 0.2) is 6.10 Å². The van der Waals surface area contributed by atoms with Gasteiger partial charge in [0.05, 0.1) is 7.11 Å². The van der Waals surface area contributed by atoms with Crippen LogP contribution in [0.4, 0.5) is 0 Å². The summed E-state index contributed by atoms with van der Waals surface area (Å²) in [7, 11) is 1.22. The van der Waals surface area contributed by atoms with Crippen molar-refractivity contribution < 1.29 is 28.9 Å². The number of rotatable bonds is 1. The van der Waals surface area contributed by atoms with E-state index < -0.39 is 35.3 Å². The number of cyclic esters (lactones) is 1. The summed E-state index contributed by atoms with van der Waals surface area (Å²) in [6, 6.07) is 0. The summed E-state index contributed by atoms with van der Waals surface area (Å²) in [6.07, 6.45) is -0.924. The number of carbonyl (C=O) groups is 2. The van der Waals surface area contributed by atoms with E-state index in [1.54, 1.807) is 6.92 Å². The first-order valence-corrected chi connectivity index (χ1v) is 5.50. The normalized spacial score (nSPS) is 45.1. The van der Waals surface area contributed by atoms with E-state index in [1.807, 2.05) is 0 Å². The highest BCUT2D eigenvalue weighted by Crippen LogP contribution is 2.42. The lowest BCUT2D eigenvalue weighted by Gasteiger charge is -2.30. The molecule has 0 spiro atoms. The summed E-state index contributed by atoms with van der Waals surface area (Å²) in [6.45, 7) is 3.09. The fourth-order valence-corrected chi connectivity index (χ4v) is 2.41. The van der Waals surface area contributed by atoms with Crippen LogP contribution in [0, 0.1) is 0 Å². The lowest BCUT2D eigenvalue weighted by Crippen LogP contribution is -2.50. The van der Waals surface area contributed by atoms with Crippen molar-refractivity contribution in [2.45, 2.75) is 50.1 Å². The third-order valence-corrected chi connectivity index (χ3v) is 3.63. The number of methoxy groups -OCH3 is 1. The smallest absolute Gasteiger partial charge is 0.352 e. The van der Waals surface area contributed by atoms with Gasteiger partial charge in [0.25, 0.3) is 0 Å². The maximum absolute atomic E-state index is 11.7. The summed E-state index contributed by atoms with van der Waals surface area (Å²) in [5.41, 5.74) is -2.46. The van der Waals surface area contributed by atoms with E-state index in [-0.39, 0.29) is 0 Å². The Bertz CT molecular complexity index is 367. The number of aliphatic hydroxyl groups excluding tert-OH is 1. The topological polar surface area (TPSA) is 82.1 Å². The number of ether oxygens (including phenoxy) is 3. The van der Waals surface area contributed by atoms with E-state index >= 15 is 0 Å². The summed E-state index contributed by atoms with van der Waals surface area (Å²) >= 11 is 0. The lowest BCUT2D eigenvalue weighted by molar-refractivity contribution is -0.189. The average Bonchev–Trinajstić information content (AvgIpc) is 2.68. The fraction of sp³-hybridized carbons (Fsp3) is 0.818. The average molecular weight is 244 g/mol. The molecular weight excluding hydrogens is 228 g/mol. The van der Waals surface area contributed by atoms with Gasteiger partial charge in [0.2, 0.25) is 5.60 Å². The molecular formula is C11H16O6. The molecule has 2 rings (SSSR count). The van der Waals surface area contributed by atoms with Crippen LogP contribution in [0.15, 0.2) is 0 Å². The molecule has 17 heavy (non-hydrogen) atoms. The van der Waals surface area contributed by atoms with Crippen LogP contribution in [-0.4, -0.2) is 47.6 Å². The van der Waals surface area contributed by atoms with Crippen molar-refractivity contribution in [1.29, 1.82) is 0 Å². The number of hydrogen-bond donors (Lipinski definition) is 1. The summed E-state index contributed by atoms with van der Waals surface area (Å²) < 4.78 is 15.3. The van der Waals surface area contributed by atoms with Gasteiger partial charge >= 0.3 is 11.9 Å². The molecule has 0 aromatic rings. The Morgan fingerprint density at radius 2 is 2.18 bits per heavy atom. The molecule has 2 bridgehead atoms. The summed E-state index contributed by atoms with van der Waals surface area (Å²) in [4.78, 5) is 23.4. The molecule has 0 unspecified atom stereocenters. The van der Waals surface area contributed by atoms with E-state index in [9.17, 15) is 14.7 Å². The molecule has 2 saturated heterocycles. The van der Waals surface area contributed by atoms with Crippen LogP contribution in [0.3, 0.4) is 0 Å². The quantitative estimate of drug-likeness (QED) is 0.642. The second kappa shape index (κ2) is 3.68. The minimum Gasteiger partial charge on any atom is -0.466 e. The zero-order chi connectivity index (χ0) is 12.8. The van der Waals surface area contributed by atoms with E-state index in [4.69, 9.17) is 9.47 Å². The van der Waals surface area contributed by atoms with Gasteiger partial charge in [0.1, 0.15) is 11.7 Å². The first-order valence-electron chi connectivity index (χ1n) is 5.50. The minimum absolute atomic E-state index is 0.501. The molecule has 1 N–H and O–H groups in total. The van der Waals surface area contributed by atoms with Crippen LogP contribution < -0.4 is 0 Å². The Hall–Kier alpha value is -1.14. The molecule has 0 aliphatic carbocycles. The standard InChI is InChI=1S/C11H16O6/c1-10-5-4-6(16-10)11(2,9(14)15-3)17-8(13)7(10)12/h6-7,12H,4-5H2,1-3H3/t6-,7-,10-,11+/m0/s1. The van der Waals surface area contributed by atoms with Crippen LogP contribution in [0.5, 0.6) is 0 Å². The van der Waals surface area contributed by atoms with Crippen molar-refractivity contribution in [1.82, 2.24) is 0 Å². The van der Waals surface area contributed by atoms with Crippen LogP contribution in [0.1, 0.15) is 26.7 Å². The molecule has 0 saturated carbocycles. The number of hydrogen-bond acceptors (Lipinski definition) is 6. The minimum atomic E-state index is -1.49. The van der Waals surface area contributed by atoms with Crippen molar-refractivity contribution >= 4 is 11.9 Å². The molecule has 2 aliphatic rings. The largest absolute Gasteiger partial charge is 0.466 e. The summed E-state index contributed by atoms with van der Waals surface area (Å²) in [5, 5.41) is 9.84. The van der Waals surface area contributed by atoms with E-state index in [2.05, 4.69) is 4.74 Å². The van der Waals surface area contributed by atoms with Gasteiger partial charge in [-0.2, -0.15) is 0 Å². The molecule has 2 fully saturated rings. The van der Waals surface area contributed by atoms with Crippen LogP contribution >= 0.6 is 0 Å². The van der Waals surface area contributed by atoms with Gasteiger partial charge in [0, 0.05) is 0 Å². The summed E-state index contributed by atoms with van der Waals surface area (Å²) in [5.74, 6) is -1.52. The maximum atomic E-state index is 11.7. The number of aliphatic hydroxyl groups is 1. The molecule has 6 heteroatoms. The van der Waals surface area contributed by atoms with Gasteiger partial charge in [-0.3, -0.25) is 0 Å². The van der Waals surface area contributed by atoms with Crippen molar-refractivity contribution in [2.75, 3.05) is 7.11 Å². The molecule has 0 aromatic carbocycles. The monoisotopic (exact) mass is 244 g/mol. The first-order chi connectivity index (χ1) is 7.83. The Morgan fingerprint density at radius 1 is 1.53 bits per heavy atom. The second-order valence-electron chi connectivity index (χ2n) is 4.88. The molecule has 2 heterocycles. The SMILES string of the molecule is COC(=O)[C@]1(C)OC(=O)[C@H](O)[C@]2(C)CC[C@@H]1O2. The van der Waals surface area contributed by atoms with E-state index in [0.29, 0.717) is 12.8 Å². The highest BCUT2D eigenvalue weighted by Gasteiger charge is 2.60. The third kappa shape index (κ3) is 1.63. The van der Waals surface area contributed by atoms with Crippen molar-refractivity contribution in [3.05, 3.63) is 0 Å². The third-order valence-electron chi connectivity index (χ3n) is 3.63. The Balaban J connectivity index is 2.39. The first kappa shape index (κ1) is 12.3. The molecule has 2 aliphatic heterocycles. The van der Waals surface area contributed by atoms with Gasteiger partial charge in [-0.05, 0) is 26.7 Å². The van der Waals surface area contributed by atoms with Crippen molar-refractivity contribution in [3.8, 4) is 0 Å². The van der Waals surface area contributed by atoms with E-state index in [1.165, 1.54) is 14.0 Å². The molecule has 4 atom stereocenters. The predicted molar refractivity (Wildman–Crippen MR) is 55.0 cm³/mol. The highest BCUT2D eigenvalue weighted by atomic mass is 16.6. The van der Waals surface area contributed by atoms with Gasteiger partial charge < -0.3 is 19.3 Å². The van der Waals surface area contributed by atoms with Crippen LogP contribution in [0.2, 0.25) is 0 Å². The van der Waals surface area contributed by atoms with Gasteiger partial charge in [-0.1, -0.05) is 0 Å². The molecule has 0 amide bonds. The van der Waals surface area contributed by atoms with Gasteiger partial charge in [-0.25, -0.2) is 9.59 Å². The van der Waals surface area contributed by atoms with Crippen molar-refractivity contribution in [3.63, 3.8) is 0 Å². The number of carbonyl (C=O) groups excluding carboxylic acids is 2. The molecule has 96 valence electrons. The number of fused-ring (bicyclic) bond motifs is 2. The fourth-order valence-electron chi connectivity index (χ4n) is 2.41. The molecule has 0 aromatic heterocycles. The number of esters is 2. The van der Waals surface area contributed by atoms with Crippen LogP contribution in [-0.2, 0) is 23.8 Å². The molecule has 0 radical (unpaired) electrons. The zero-order valence-electron chi connectivity index (χ0n) is 10.1. The second-order valence-corrected chi connectivity index (χ2v) is 4.88. The lowest BCUT2D eigenvalue weighted by atomic mass is 9.90. The predicted octanol–water partition coefficient (Wildman–Crippen LogP) is -0.227. The zero-order valence-corrected chi connectivity index (χ0v) is 10.1. The van der Waals surface area contributed by atoms with E-state index in [0.717, 1.165) is 0 Å². The van der Waals surface area contributed by atoms with Crippen LogP contribution in [0.25, 0.3) is 0 Å². The molecule has 6 nitrogen and oxygen atoms in total. The highest BCUT2D eigenvalue weighted by molar-refractivity contribution is 5.86. The Labute approximate surface area is 98.8 Å². The van der Waals surface area contributed by atoms with Crippen molar-refractivity contribution in [2.24, 2.45) is 0 Å². The van der Waals surface area contributed by atoms with Gasteiger partial charge in [-0.15, -0.1) is 0 Å². The maximum Gasteiger partial charge on any atom is 0.352 e. The Morgan fingerprint density at radius 3 is 2.76 bits per heavy atom.